The first-order chi connectivity index (χ1) is 8.13. The number of hydrogen-bond acceptors (Lipinski definition) is 8. The van der Waals surface area contributed by atoms with Gasteiger partial charge in [0.25, 0.3) is 0 Å². The molecule has 0 aromatic carbocycles. The van der Waals surface area contributed by atoms with E-state index in [1.54, 1.807) is 0 Å². The van der Waals surface area contributed by atoms with E-state index in [0.29, 0.717) is 0 Å². The summed E-state index contributed by atoms with van der Waals surface area (Å²) in [5, 5.41) is 6.63. The van der Waals surface area contributed by atoms with Gasteiger partial charge in [-0.15, -0.1) is 0 Å². The molecule has 0 atom stereocenters. The summed E-state index contributed by atoms with van der Waals surface area (Å²) in [6, 6.07) is 0. The molecule has 0 aromatic heterocycles. The van der Waals surface area contributed by atoms with Gasteiger partial charge in [-0.2, -0.15) is 16.8 Å². The van der Waals surface area contributed by atoms with Crippen molar-refractivity contribution >= 4 is 31.7 Å². The van der Waals surface area contributed by atoms with Crippen LogP contribution >= 0.6 is 0 Å². The molecule has 0 bridgehead atoms. The van der Waals surface area contributed by atoms with Crippen LogP contribution in [0, 0.1) is 0 Å². The van der Waals surface area contributed by atoms with E-state index in [4.69, 9.17) is 0 Å². The maximum Gasteiger partial charge on any atom is 0.328 e. The van der Waals surface area contributed by atoms with Crippen LogP contribution in [0.3, 0.4) is 0 Å². The Morgan fingerprint density at radius 2 is 1.11 bits per heavy atom. The molecule has 18 heavy (non-hydrogen) atoms. The van der Waals surface area contributed by atoms with E-state index in [1.807, 2.05) is 0 Å². The molecule has 0 aromatic rings. The summed E-state index contributed by atoms with van der Waals surface area (Å²) in [4.78, 5) is 0. The monoisotopic (exact) mass is 300 g/mol. The second-order valence-electron chi connectivity index (χ2n) is 3.20. The van der Waals surface area contributed by atoms with Gasteiger partial charge in [-0.1, -0.05) is 10.3 Å². The number of rotatable bonds is 7. The molecular formula is C8H16N2O6S2. The lowest BCUT2D eigenvalue weighted by atomic mass is 10.3. The minimum absolute atomic E-state index is 0.0957. The third-order valence-electron chi connectivity index (χ3n) is 1.81. The maximum absolute atomic E-state index is 11.0. The minimum atomic E-state index is -3.70. The molecule has 0 saturated heterocycles. The zero-order chi connectivity index (χ0) is 14.4. The van der Waals surface area contributed by atoms with Crippen molar-refractivity contribution in [1.82, 2.24) is 0 Å². The van der Waals surface area contributed by atoms with Gasteiger partial charge >= 0.3 is 20.2 Å². The lowest BCUT2D eigenvalue weighted by Gasteiger charge is -2.01. The summed E-state index contributed by atoms with van der Waals surface area (Å²) >= 11 is 0. The Morgan fingerprint density at radius 1 is 0.833 bits per heavy atom. The predicted molar refractivity (Wildman–Crippen MR) is 67.3 cm³/mol. The van der Waals surface area contributed by atoms with Crippen molar-refractivity contribution < 1.29 is 25.4 Å². The van der Waals surface area contributed by atoms with Crippen molar-refractivity contribution in [2.24, 2.45) is 10.3 Å². The van der Waals surface area contributed by atoms with Crippen LogP contribution in [0.15, 0.2) is 10.3 Å². The highest BCUT2D eigenvalue weighted by atomic mass is 32.2. The van der Waals surface area contributed by atoms with Gasteiger partial charge in [-0.25, -0.2) is 0 Å². The van der Waals surface area contributed by atoms with Crippen molar-refractivity contribution in [2.45, 2.75) is 27.7 Å². The maximum atomic E-state index is 11.0. The van der Waals surface area contributed by atoms with E-state index in [9.17, 15) is 16.8 Å². The number of oxime groups is 2. The molecule has 0 heterocycles. The van der Waals surface area contributed by atoms with Crippen LogP contribution in [0.4, 0.5) is 0 Å². The van der Waals surface area contributed by atoms with Gasteiger partial charge in [0.05, 0.1) is 11.5 Å². The van der Waals surface area contributed by atoms with Crippen LogP contribution in [0.25, 0.3) is 0 Å². The average molecular weight is 300 g/mol. The first kappa shape index (κ1) is 16.8. The summed E-state index contributed by atoms with van der Waals surface area (Å²) in [5.74, 6) is -0.443. The molecule has 0 fully saturated rings. The van der Waals surface area contributed by atoms with E-state index in [1.165, 1.54) is 27.7 Å². The molecule has 0 spiro atoms. The van der Waals surface area contributed by atoms with Gasteiger partial charge < -0.3 is 0 Å². The van der Waals surface area contributed by atoms with Crippen LogP contribution in [0.5, 0.6) is 0 Å². The van der Waals surface area contributed by atoms with Crippen LogP contribution < -0.4 is 0 Å². The van der Waals surface area contributed by atoms with Crippen LogP contribution in [0.1, 0.15) is 27.7 Å². The van der Waals surface area contributed by atoms with E-state index in [-0.39, 0.29) is 22.9 Å². The predicted octanol–water partition coefficient (Wildman–Crippen LogP) is 0.471. The Labute approximate surface area is 107 Å². The quantitative estimate of drug-likeness (QED) is 0.499. The Morgan fingerprint density at radius 3 is 1.33 bits per heavy atom. The summed E-state index contributed by atoms with van der Waals surface area (Å²) in [6.07, 6.45) is 0. The van der Waals surface area contributed by atoms with Crippen molar-refractivity contribution in [1.29, 1.82) is 0 Å². The van der Waals surface area contributed by atoms with Gasteiger partial charge in [0.1, 0.15) is 11.4 Å². The standard InChI is InChI=1S/C8H16N2O6S2/c1-5-17(11,12)15-9-7(3)8(4)10-16-18(13,14)6-2/h5-6H2,1-4H3. The van der Waals surface area contributed by atoms with Crippen LogP contribution in [0.2, 0.25) is 0 Å². The third kappa shape index (κ3) is 6.55. The fraction of sp³-hybridized carbons (Fsp3) is 0.750. The Kier molecular flexibility index (Phi) is 6.26. The second-order valence-corrected chi connectivity index (χ2v) is 6.88. The fourth-order valence-corrected chi connectivity index (χ4v) is 1.12. The SMILES string of the molecule is CCS(=O)(=O)ON=C(C)C(C)=NOS(=O)(=O)CC. The largest absolute Gasteiger partial charge is 0.328 e. The molecule has 0 aliphatic carbocycles. The van der Waals surface area contributed by atoms with E-state index < -0.39 is 20.2 Å². The van der Waals surface area contributed by atoms with Gasteiger partial charge in [0.15, 0.2) is 0 Å². The zero-order valence-corrected chi connectivity index (χ0v) is 12.2. The number of nitrogens with zero attached hydrogens (tertiary/aromatic N) is 2. The molecule has 10 heteroatoms. The lowest BCUT2D eigenvalue weighted by molar-refractivity contribution is 0.335. The van der Waals surface area contributed by atoms with Crippen molar-refractivity contribution in [3.05, 3.63) is 0 Å². The van der Waals surface area contributed by atoms with Gasteiger partial charge in [0, 0.05) is 0 Å². The summed E-state index contributed by atoms with van der Waals surface area (Å²) in [5.41, 5.74) is 0.191. The van der Waals surface area contributed by atoms with E-state index >= 15 is 0 Å². The number of hydrogen-bond donors (Lipinski definition) is 0. The normalized spacial score (nSPS) is 14.4. The van der Waals surface area contributed by atoms with Gasteiger partial charge in [-0.05, 0) is 27.7 Å². The van der Waals surface area contributed by atoms with Crippen molar-refractivity contribution in [2.75, 3.05) is 11.5 Å². The highest BCUT2D eigenvalue weighted by Gasteiger charge is 2.10. The topological polar surface area (TPSA) is 111 Å². The molecule has 0 N–H and O–H groups in total. The molecule has 0 saturated carbocycles. The minimum Gasteiger partial charge on any atom is -0.268 e. The molecule has 0 aliphatic heterocycles. The lowest BCUT2D eigenvalue weighted by Crippen LogP contribution is -2.12. The molecule has 8 nitrogen and oxygen atoms in total. The smallest absolute Gasteiger partial charge is 0.268 e. The molecule has 106 valence electrons. The van der Waals surface area contributed by atoms with Gasteiger partial charge in [0.2, 0.25) is 0 Å². The van der Waals surface area contributed by atoms with E-state index in [2.05, 4.69) is 18.9 Å². The Hall–Kier alpha value is -1.16. The Balaban J connectivity index is 4.75. The Bertz CT molecular complexity index is 482. The molecule has 0 radical (unpaired) electrons. The van der Waals surface area contributed by atoms with Crippen LogP contribution in [-0.2, 0) is 28.8 Å². The molecule has 0 unspecified atom stereocenters. The fourth-order valence-electron chi connectivity index (χ4n) is 0.463. The van der Waals surface area contributed by atoms with Crippen molar-refractivity contribution in [3.63, 3.8) is 0 Å². The van der Waals surface area contributed by atoms with Crippen molar-refractivity contribution in [3.8, 4) is 0 Å². The van der Waals surface area contributed by atoms with Crippen LogP contribution in [-0.4, -0.2) is 39.8 Å². The van der Waals surface area contributed by atoms with Gasteiger partial charge in [-0.3, -0.25) is 8.57 Å². The summed E-state index contributed by atoms with van der Waals surface area (Å²) in [7, 11) is -7.40. The second kappa shape index (κ2) is 6.69. The average Bonchev–Trinajstić information content (AvgIpc) is 2.33. The summed E-state index contributed by atoms with van der Waals surface area (Å²) in [6.45, 7) is 5.62. The zero-order valence-electron chi connectivity index (χ0n) is 10.6. The molecule has 0 aliphatic rings. The third-order valence-corrected chi connectivity index (χ3v) is 3.82. The highest BCUT2D eigenvalue weighted by Crippen LogP contribution is 1.98. The first-order valence-electron chi connectivity index (χ1n) is 5.05. The molecular weight excluding hydrogens is 284 g/mol. The summed E-state index contributed by atoms with van der Waals surface area (Å²) < 4.78 is 52.6. The molecule has 0 rings (SSSR count). The first-order valence-corrected chi connectivity index (χ1v) is 8.21. The molecule has 0 amide bonds. The highest BCUT2D eigenvalue weighted by molar-refractivity contribution is 7.86. The van der Waals surface area contributed by atoms with E-state index in [0.717, 1.165) is 0 Å².